The van der Waals surface area contributed by atoms with E-state index in [9.17, 15) is 0 Å². The van der Waals surface area contributed by atoms with E-state index in [-0.39, 0.29) is 0 Å². The number of allylic oxidation sites excluding steroid dienone is 2. The molecule has 0 heterocycles. The summed E-state index contributed by atoms with van der Waals surface area (Å²) >= 11 is 0. The van der Waals surface area contributed by atoms with E-state index in [0.717, 1.165) is 18.4 Å². The van der Waals surface area contributed by atoms with Crippen molar-refractivity contribution in [3.63, 3.8) is 0 Å². The highest BCUT2D eigenvalue weighted by Crippen LogP contribution is 2.14. The summed E-state index contributed by atoms with van der Waals surface area (Å²) in [6.07, 6.45) is 12.6. The van der Waals surface area contributed by atoms with Crippen molar-refractivity contribution in [2.24, 2.45) is 0 Å². The van der Waals surface area contributed by atoms with Crippen LogP contribution in [0.4, 0.5) is 0 Å². The van der Waals surface area contributed by atoms with Crippen LogP contribution in [0.5, 0.6) is 0 Å². The summed E-state index contributed by atoms with van der Waals surface area (Å²) in [6, 6.07) is 3.90. The van der Waals surface area contributed by atoms with E-state index in [4.69, 9.17) is 10.5 Å². The maximum atomic E-state index is 8.71. The number of nitrogens with zero attached hydrogens (tertiary/aromatic N) is 2. The van der Waals surface area contributed by atoms with Gasteiger partial charge in [-0.15, -0.1) is 0 Å². The van der Waals surface area contributed by atoms with Gasteiger partial charge in [0.25, 0.3) is 0 Å². The van der Waals surface area contributed by atoms with Crippen LogP contribution in [-0.4, -0.2) is 0 Å². The van der Waals surface area contributed by atoms with Gasteiger partial charge in [0.2, 0.25) is 0 Å². The van der Waals surface area contributed by atoms with E-state index in [1.54, 1.807) is 0 Å². The minimum atomic E-state index is 0.301. The first kappa shape index (κ1) is 16.7. The molecule has 0 rings (SSSR count). The quantitative estimate of drug-likeness (QED) is 0.389. The molecule has 0 aromatic carbocycles. The fourth-order valence-corrected chi connectivity index (χ4v) is 2.04. The monoisotopic (exact) mass is 246 g/mol. The molecule has 0 fully saturated rings. The van der Waals surface area contributed by atoms with Crippen molar-refractivity contribution in [3.05, 3.63) is 11.1 Å². The second-order valence-electron chi connectivity index (χ2n) is 4.96. The maximum Gasteiger partial charge on any atom is 0.128 e. The van der Waals surface area contributed by atoms with E-state index in [1.807, 2.05) is 19.1 Å². The Kier molecular flexibility index (Phi) is 11.3. The topological polar surface area (TPSA) is 47.6 Å². The first-order valence-corrected chi connectivity index (χ1v) is 7.26. The Bertz CT molecular complexity index is 299. The van der Waals surface area contributed by atoms with Gasteiger partial charge in [0.15, 0.2) is 0 Å². The summed E-state index contributed by atoms with van der Waals surface area (Å²) in [4.78, 5) is 0. The van der Waals surface area contributed by atoms with Gasteiger partial charge < -0.3 is 0 Å². The van der Waals surface area contributed by atoms with Crippen molar-refractivity contribution in [3.8, 4) is 12.1 Å². The zero-order chi connectivity index (χ0) is 13.6. The Balaban J connectivity index is 3.45. The largest absolute Gasteiger partial charge is 0.192 e. The van der Waals surface area contributed by atoms with Gasteiger partial charge in [0.05, 0.1) is 0 Å². The van der Waals surface area contributed by atoms with Crippen LogP contribution >= 0.6 is 0 Å². The summed E-state index contributed by atoms with van der Waals surface area (Å²) in [5, 5.41) is 17.4. The highest BCUT2D eigenvalue weighted by Gasteiger charge is 2.00. The lowest BCUT2D eigenvalue weighted by atomic mass is 10.0. The first-order valence-electron chi connectivity index (χ1n) is 7.26. The van der Waals surface area contributed by atoms with Gasteiger partial charge in [-0.2, -0.15) is 10.5 Å². The van der Waals surface area contributed by atoms with Gasteiger partial charge in [0, 0.05) is 0 Å². The Morgan fingerprint density at radius 3 is 1.67 bits per heavy atom. The zero-order valence-electron chi connectivity index (χ0n) is 12.0. The number of hydrogen-bond donors (Lipinski definition) is 0. The van der Waals surface area contributed by atoms with E-state index >= 15 is 0 Å². The Hall–Kier alpha value is -1.28. The third kappa shape index (κ3) is 8.82. The minimum absolute atomic E-state index is 0.301. The summed E-state index contributed by atoms with van der Waals surface area (Å²) in [5.41, 5.74) is 1.25. The van der Waals surface area contributed by atoms with E-state index in [1.165, 1.54) is 51.4 Å². The summed E-state index contributed by atoms with van der Waals surface area (Å²) < 4.78 is 0. The molecule has 0 amide bonds. The van der Waals surface area contributed by atoms with E-state index in [0.29, 0.717) is 5.57 Å². The Labute approximate surface area is 112 Å². The average Bonchev–Trinajstić information content (AvgIpc) is 2.38. The van der Waals surface area contributed by atoms with Gasteiger partial charge in [-0.05, 0) is 25.3 Å². The average molecular weight is 246 g/mol. The molecule has 0 aliphatic rings. The van der Waals surface area contributed by atoms with E-state index < -0.39 is 0 Å². The number of unbranched alkanes of at least 4 members (excludes halogenated alkanes) is 8. The van der Waals surface area contributed by atoms with Crippen molar-refractivity contribution < 1.29 is 0 Å². The van der Waals surface area contributed by atoms with Crippen LogP contribution in [0.25, 0.3) is 0 Å². The zero-order valence-corrected chi connectivity index (χ0v) is 12.0. The molecule has 0 radical (unpaired) electrons. The van der Waals surface area contributed by atoms with Crippen molar-refractivity contribution in [1.29, 1.82) is 10.5 Å². The molecule has 0 aromatic rings. The lowest BCUT2D eigenvalue weighted by Crippen LogP contribution is -1.86. The third-order valence-corrected chi connectivity index (χ3v) is 3.31. The van der Waals surface area contributed by atoms with Crippen LogP contribution in [0.15, 0.2) is 11.1 Å². The third-order valence-electron chi connectivity index (χ3n) is 3.31. The second-order valence-corrected chi connectivity index (χ2v) is 4.96. The standard InChI is InChI=1S/C16H26N2/c1-3-4-5-6-7-8-9-10-11-12-15(2)16(13-17)14-18/h3-12H2,1-2H3. The summed E-state index contributed by atoms with van der Waals surface area (Å²) in [5.74, 6) is 0. The van der Waals surface area contributed by atoms with E-state index in [2.05, 4.69) is 6.92 Å². The number of nitriles is 2. The highest BCUT2D eigenvalue weighted by atomic mass is 14.3. The van der Waals surface area contributed by atoms with Crippen LogP contribution in [-0.2, 0) is 0 Å². The van der Waals surface area contributed by atoms with Crippen LogP contribution in [0.2, 0.25) is 0 Å². The minimum Gasteiger partial charge on any atom is -0.192 e. The lowest BCUT2D eigenvalue weighted by Gasteiger charge is -2.02. The number of hydrogen-bond acceptors (Lipinski definition) is 2. The van der Waals surface area contributed by atoms with Gasteiger partial charge in [0.1, 0.15) is 17.7 Å². The van der Waals surface area contributed by atoms with Crippen LogP contribution in [0.1, 0.15) is 78.1 Å². The molecule has 2 heteroatoms. The van der Waals surface area contributed by atoms with Gasteiger partial charge in [-0.25, -0.2) is 0 Å². The molecule has 0 bridgehead atoms. The molecule has 0 aliphatic heterocycles. The van der Waals surface area contributed by atoms with Crippen molar-refractivity contribution >= 4 is 0 Å². The van der Waals surface area contributed by atoms with Gasteiger partial charge in [-0.1, -0.05) is 58.3 Å². The van der Waals surface area contributed by atoms with Crippen molar-refractivity contribution in [2.45, 2.75) is 78.1 Å². The highest BCUT2D eigenvalue weighted by molar-refractivity contribution is 5.39. The molecule has 0 N–H and O–H groups in total. The molecule has 100 valence electrons. The molecule has 0 aliphatic carbocycles. The van der Waals surface area contributed by atoms with Crippen LogP contribution < -0.4 is 0 Å². The fraction of sp³-hybridized carbons (Fsp3) is 0.750. The molecular formula is C16H26N2. The lowest BCUT2D eigenvalue weighted by molar-refractivity contribution is 0.564. The molecule has 0 saturated heterocycles. The first-order chi connectivity index (χ1) is 8.76. The molecule has 0 saturated carbocycles. The van der Waals surface area contributed by atoms with Crippen molar-refractivity contribution in [1.82, 2.24) is 0 Å². The summed E-state index contributed by atoms with van der Waals surface area (Å²) in [7, 11) is 0. The van der Waals surface area contributed by atoms with Crippen LogP contribution in [0, 0.1) is 22.7 Å². The molecule has 0 atom stereocenters. The molecule has 2 nitrogen and oxygen atoms in total. The van der Waals surface area contributed by atoms with Crippen LogP contribution in [0.3, 0.4) is 0 Å². The van der Waals surface area contributed by atoms with Crippen molar-refractivity contribution in [2.75, 3.05) is 0 Å². The molecule has 18 heavy (non-hydrogen) atoms. The Morgan fingerprint density at radius 1 is 0.778 bits per heavy atom. The maximum absolute atomic E-state index is 8.71. The van der Waals surface area contributed by atoms with Gasteiger partial charge >= 0.3 is 0 Å². The number of rotatable bonds is 10. The Morgan fingerprint density at radius 2 is 1.22 bits per heavy atom. The molecule has 0 aromatic heterocycles. The SMILES string of the molecule is CCCCCCCCCCCC(C)=C(C#N)C#N. The molecule has 0 unspecified atom stereocenters. The smallest absolute Gasteiger partial charge is 0.128 e. The molecular weight excluding hydrogens is 220 g/mol. The predicted octanol–water partition coefficient (Wildman–Crippen LogP) is 5.27. The fourth-order valence-electron chi connectivity index (χ4n) is 2.04. The normalized spacial score (nSPS) is 9.56. The predicted molar refractivity (Wildman–Crippen MR) is 75.8 cm³/mol. The second kappa shape index (κ2) is 12.2. The molecule has 0 spiro atoms. The summed E-state index contributed by atoms with van der Waals surface area (Å²) in [6.45, 7) is 4.14. The van der Waals surface area contributed by atoms with Gasteiger partial charge in [-0.3, -0.25) is 0 Å².